The van der Waals surface area contributed by atoms with Crippen LogP contribution in [0.25, 0.3) is 0 Å². The smallest absolute Gasteiger partial charge is 0.344 e. The molecule has 2 atom stereocenters. The monoisotopic (exact) mass is 228 g/mol. The van der Waals surface area contributed by atoms with Crippen LogP contribution in [0.3, 0.4) is 0 Å². The Balaban J connectivity index is 1.95. The minimum atomic E-state index is -0.475. The zero-order chi connectivity index (χ0) is 11.7. The first-order valence-corrected chi connectivity index (χ1v) is 5.43. The Hall–Kier alpha value is -1.30. The number of amides is 2. The van der Waals surface area contributed by atoms with E-state index in [0.717, 1.165) is 12.8 Å². The zero-order valence-electron chi connectivity index (χ0n) is 9.51. The maximum Gasteiger partial charge on any atom is 0.344 e. The van der Waals surface area contributed by atoms with Gasteiger partial charge in [0.25, 0.3) is 0 Å². The number of hydrogen-bond donors (Lipinski definition) is 0. The van der Waals surface area contributed by atoms with Crippen LogP contribution >= 0.6 is 0 Å². The first-order valence-electron chi connectivity index (χ1n) is 5.43. The molecule has 0 aromatic carbocycles. The molecular formula is C10H16N2O4. The number of carbonyl (C=O) groups excluding carboxylic acids is 2. The van der Waals surface area contributed by atoms with Crippen molar-refractivity contribution in [2.45, 2.75) is 31.8 Å². The maximum absolute atomic E-state index is 11.9. The van der Waals surface area contributed by atoms with E-state index in [-0.39, 0.29) is 24.7 Å². The summed E-state index contributed by atoms with van der Waals surface area (Å²) in [7, 11) is 1.29. The molecule has 0 spiro atoms. The van der Waals surface area contributed by atoms with E-state index >= 15 is 0 Å². The molecule has 2 aliphatic heterocycles. The lowest BCUT2D eigenvalue weighted by molar-refractivity contribution is -0.170. The van der Waals surface area contributed by atoms with Crippen LogP contribution in [0.4, 0.5) is 4.79 Å². The van der Waals surface area contributed by atoms with Crippen LogP contribution in [-0.2, 0) is 14.4 Å². The minimum Gasteiger partial charge on any atom is -0.467 e. The van der Waals surface area contributed by atoms with Gasteiger partial charge in [0.2, 0.25) is 0 Å². The standard InChI is InChI=1S/C10H16N2O4/c1-7-3-4-8-5-11(7)10(14)12(8)16-6-9(13)15-2/h7-8H,3-6H2,1-2H3/t7-,8-/m1/s1. The Labute approximate surface area is 94.0 Å². The number of methoxy groups -OCH3 is 1. The van der Waals surface area contributed by atoms with Crippen molar-refractivity contribution in [1.82, 2.24) is 9.96 Å². The summed E-state index contributed by atoms with van der Waals surface area (Å²) in [6.45, 7) is 2.51. The third-order valence-corrected chi connectivity index (χ3v) is 3.17. The van der Waals surface area contributed by atoms with Crippen molar-refractivity contribution in [2.24, 2.45) is 0 Å². The summed E-state index contributed by atoms with van der Waals surface area (Å²) in [5.74, 6) is -0.475. The van der Waals surface area contributed by atoms with E-state index in [0.29, 0.717) is 6.54 Å². The number of hydroxylamine groups is 2. The van der Waals surface area contributed by atoms with Crippen LogP contribution < -0.4 is 0 Å². The Morgan fingerprint density at radius 1 is 1.50 bits per heavy atom. The van der Waals surface area contributed by atoms with Gasteiger partial charge in [0, 0.05) is 12.6 Å². The molecule has 0 aliphatic carbocycles. The fraction of sp³-hybridized carbons (Fsp3) is 0.800. The molecule has 90 valence electrons. The molecule has 2 bridgehead atoms. The van der Waals surface area contributed by atoms with E-state index in [1.807, 2.05) is 6.92 Å². The molecule has 0 aromatic heterocycles. The van der Waals surface area contributed by atoms with Crippen LogP contribution in [0.1, 0.15) is 19.8 Å². The van der Waals surface area contributed by atoms with Crippen molar-refractivity contribution in [3.05, 3.63) is 0 Å². The summed E-state index contributed by atoms with van der Waals surface area (Å²) in [5, 5.41) is 1.32. The zero-order valence-corrected chi connectivity index (χ0v) is 9.51. The van der Waals surface area contributed by atoms with Gasteiger partial charge in [0.05, 0.1) is 13.2 Å². The van der Waals surface area contributed by atoms with Crippen LogP contribution in [0.2, 0.25) is 0 Å². The number of esters is 1. The van der Waals surface area contributed by atoms with Crippen LogP contribution in [-0.4, -0.2) is 54.3 Å². The molecule has 2 heterocycles. The third kappa shape index (κ3) is 1.84. The molecule has 0 unspecified atom stereocenters. The van der Waals surface area contributed by atoms with E-state index in [4.69, 9.17) is 4.84 Å². The fourth-order valence-electron chi connectivity index (χ4n) is 2.17. The van der Waals surface area contributed by atoms with Crippen LogP contribution in [0.5, 0.6) is 0 Å². The minimum absolute atomic E-state index is 0.0772. The normalized spacial score (nSPS) is 28.5. The van der Waals surface area contributed by atoms with Gasteiger partial charge >= 0.3 is 12.0 Å². The van der Waals surface area contributed by atoms with Gasteiger partial charge in [-0.25, -0.2) is 9.59 Å². The van der Waals surface area contributed by atoms with Crippen molar-refractivity contribution in [2.75, 3.05) is 20.3 Å². The summed E-state index contributed by atoms with van der Waals surface area (Å²) in [6.07, 6.45) is 1.90. The van der Waals surface area contributed by atoms with Gasteiger partial charge < -0.3 is 9.64 Å². The van der Waals surface area contributed by atoms with Crippen molar-refractivity contribution >= 4 is 12.0 Å². The van der Waals surface area contributed by atoms with Gasteiger partial charge in [-0.3, -0.25) is 4.84 Å². The highest BCUT2D eigenvalue weighted by molar-refractivity contribution is 5.77. The summed E-state index contributed by atoms with van der Waals surface area (Å²) in [4.78, 5) is 29.8. The number of hydrogen-bond acceptors (Lipinski definition) is 4. The van der Waals surface area contributed by atoms with E-state index in [1.165, 1.54) is 12.2 Å². The second kappa shape index (κ2) is 4.29. The SMILES string of the molecule is COC(=O)CON1C(=O)N2C[C@H]1CC[C@H]2C. The maximum atomic E-state index is 11.9. The Bertz CT molecular complexity index is 307. The number of carbonyl (C=O) groups is 2. The number of nitrogens with zero attached hydrogens (tertiary/aromatic N) is 2. The molecule has 2 amide bonds. The van der Waals surface area contributed by atoms with Crippen molar-refractivity contribution < 1.29 is 19.2 Å². The number of fused-ring (bicyclic) bond motifs is 2. The molecule has 2 fully saturated rings. The Morgan fingerprint density at radius 3 is 2.88 bits per heavy atom. The lowest BCUT2D eigenvalue weighted by Gasteiger charge is -2.27. The van der Waals surface area contributed by atoms with Gasteiger partial charge in [-0.15, -0.1) is 0 Å². The van der Waals surface area contributed by atoms with Gasteiger partial charge in [0.15, 0.2) is 6.61 Å². The third-order valence-electron chi connectivity index (χ3n) is 3.17. The number of piperidine rings is 1. The molecule has 2 saturated heterocycles. The molecule has 2 rings (SSSR count). The molecule has 2 aliphatic rings. The molecule has 16 heavy (non-hydrogen) atoms. The highest BCUT2D eigenvalue weighted by atomic mass is 16.7. The van der Waals surface area contributed by atoms with Crippen molar-refractivity contribution in [3.8, 4) is 0 Å². The molecule has 0 N–H and O–H groups in total. The second-order valence-electron chi connectivity index (χ2n) is 4.19. The average molecular weight is 228 g/mol. The first-order chi connectivity index (χ1) is 7.63. The molecule has 6 heteroatoms. The van der Waals surface area contributed by atoms with Crippen LogP contribution in [0, 0.1) is 0 Å². The second-order valence-corrected chi connectivity index (χ2v) is 4.19. The van der Waals surface area contributed by atoms with E-state index in [9.17, 15) is 9.59 Å². The lowest BCUT2D eigenvalue weighted by Crippen LogP contribution is -2.37. The molecule has 6 nitrogen and oxygen atoms in total. The van der Waals surface area contributed by atoms with Crippen LogP contribution in [0.15, 0.2) is 0 Å². The number of rotatable bonds is 3. The highest BCUT2D eigenvalue weighted by Gasteiger charge is 2.44. The van der Waals surface area contributed by atoms with Gasteiger partial charge in [-0.1, -0.05) is 0 Å². The van der Waals surface area contributed by atoms with E-state index < -0.39 is 5.97 Å². The first kappa shape index (κ1) is 11.2. The number of urea groups is 1. The van der Waals surface area contributed by atoms with Crippen molar-refractivity contribution in [1.29, 1.82) is 0 Å². The summed E-state index contributed by atoms with van der Waals surface area (Å²) in [5.41, 5.74) is 0. The summed E-state index contributed by atoms with van der Waals surface area (Å²) < 4.78 is 4.46. The quantitative estimate of drug-likeness (QED) is 0.655. The van der Waals surface area contributed by atoms with Gasteiger partial charge in [-0.2, -0.15) is 5.06 Å². The lowest BCUT2D eigenvalue weighted by atomic mass is 10.0. The van der Waals surface area contributed by atoms with Crippen molar-refractivity contribution in [3.63, 3.8) is 0 Å². The summed E-state index contributed by atoms with van der Waals surface area (Å²) >= 11 is 0. The van der Waals surface area contributed by atoms with Gasteiger partial charge in [0.1, 0.15) is 0 Å². The van der Waals surface area contributed by atoms with E-state index in [1.54, 1.807) is 4.90 Å². The largest absolute Gasteiger partial charge is 0.467 e. The highest BCUT2D eigenvalue weighted by Crippen LogP contribution is 2.29. The number of ether oxygens (including phenoxy) is 1. The Kier molecular flexibility index (Phi) is 3.00. The Morgan fingerprint density at radius 2 is 2.25 bits per heavy atom. The predicted molar refractivity (Wildman–Crippen MR) is 54.4 cm³/mol. The topological polar surface area (TPSA) is 59.1 Å². The van der Waals surface area contributed by atoms with E-state index in [2.05, 4.69) is 4.74 Å². The fourth-order valence-corrected chi connectivity index (χ4v) is 2.17. The molecule has 0 saturated carbocycles. The molecular weight excluding hydrogens is 212 g/mol. The molecule has 0 aromatic rings. The average Bonchev–Trinajstić information content (AvgIpc) is 2.55. The van der Waals surface area contributed by atoms with Gasteiger partial charge in [-0.05, 0) is 19.8 Å². The predicted octanol–water partition coefficient (Wildman–Crippen LogP) is 0.379. The summed E-state index contributed by atoms with van der Waals surface area (Å²) in [6, 6.07) is 0.197. The molecule has 0 radical (unpaired) electrons.